The van der Waals surface area contributed by atoms with E-state index in [-0.39, 0.29) is 0 Å². The topological polar surface area (TPSA) is 83.3 Å². The van der Waals surface area contributed by atoms with Crippen molar-refractivity contribution in [2.24, 2.45) is 10.9 Å². The first kappa shape index (κ1) is 20.8. The molecule has 0 spiro atoms. The number of hydrogen-bond acceptors (Lipinski definition) is 4. The summed E-state index contributed by atoms with van der Waals surface area (Å²) in [6.07, 6.45) is 2.26. The van der Waals surface area contributed by atoms with Crippen molar-refractivity contribution < 1.29 is 19.3 Å². The summed E-state index contributed by atoms with van der Waals surface area (Å²) in [4.78, 5) is 44.0. The summed E-state index contributed by atoms with van der Waals surface area (Å²) in [5.74, 6) is -2.26. The molecule has 1 fully saturated rings. The highest BCUT2D eigenvalue weighted by molar-refractivity contribution is 6.32. The summed E-state index contributed by atoms with van der Waals surface area (Å²) in [7, 11) is 0. The minimum Gasteiger partial charge on any atom is -0.335 e. The zero-order valence-corrected chi connectivity index (χ0v) is 16.5. The average molecular weight is 373 g/mol. The fourth-order valence-electron chi connectivity index (χ4n) is 3.21. The molecule has 7 nitrogen and oxygen atoms in total. The first-order valence-corrected chi connectivity index (χ1v) is 9.48. The van der Waals surface area contributed by atoms with Gasteiger partial charge in [-0.2, -0.15) is 0 Å². The van der Waals surface area contributed by atoms with Crippen molar-refractivity contribution in [1.82, 2.24) is 5.32 Å². The van der Waals surface area contributed by atoms with E-state index in [2.05, 4.69) is 24.2 Å². The van der Waals surface area contributed by atoms with Crippen LogP contribution in [-0.4, -0.2) is 50.2 Å². The number of imide groups is 2. The van der Waals surface area contributed by atoms with Crippen molar-refractivity contribution in [3.05, 3.63) is 29.3 Å². The van der Waals surface area contributed by atoms with Crippen LogP contribution in [0.3, 0.4) is 0 Å². The van der Waals surface area contributed by atoms with E-state index in [9.17, 15) is 14.4 Å². The summed E-state index contributed by atoms with van der Waals surface area (Å²) < 4.78 is 0. The van der Waals surface area contributed by atoms with E-state index >= 15 is 0 Å². The second-order valence-corrected chi connectivity index (χ2v) is 6.85. The second kappa shape index (κ2) is 9.41. The van der Waals surface area contributed by atoms with Crippen molar-refractivity contribution >= 4 is 29.7 Å². The van der Waals surface area contributed by atoms with Gasteiger partial charge in [-0.15, -0.1) is 0 Å². The van der Waals surface area contributed by atoms with E-state index in [1.807, 2.05) is 26.0 Å². The number of urea groups is 1. The third-order valence-corrected chi connectivity index (χ3v) is 4.87. The number of nitrogens with zero attached hydrogens (tertiary/aromatic N) is 2. The van der Waals surface area contributed by atoms with Crippen LogP contribution in [0.4, 0.5) is 10.5 Å². The summed E-state index contributed by atoms with van der Waals surface area (Å²) in [5, 5.41) is 2.26. The summed E-state index contributed by atoms with van der Waals surface area (Å²) in [5.41, 5.74) is 2.32. The molecule has 1 aliphatic rings. The lowest BCUT2D eigenvalue weighted by atomic mass is 10.0. The number of nitrogens with one attached hydrogen (secondary N) is 2. The highest BCUT2D eigenvalue weighted by Crippen LogP contribution is 2.24. The molecule has 1 unspecified atom stereocenters. The van der Waals surface area contributed by atoms with Crippen molar-refractivity contribution in [1.29, 1.82) is 0 Å². The minimum atomic E-state index is -1.08. The van der Waals surface area contributed by atoms with Crippen LogP contribution in [0.5, 0.6) is 0 Å². The summed E-state index contributed by atoms with van der Waals surface area (Å²) >= 11 is 0. The van der Waals surface area contributed by atoms with E-state index in [1.54, 1.807) is 6.07 Å². The lowest BCUT2D eigenvalue weighted by Crippen LogP contribution is -3.11. The predicted octanol–water partition coefficient (Wildman–Crippen LogP) is 0.888. The number of amides is 4. The fourth-order valence-corrected chi connectivity index (χ4v) is 3.21. The maximum atomic E-state index is 12.8. The van der Waals surface area contributed by atoms with E-state index < -0.39 is 23.8 Å². The van der Waals surface area contributed by atoms with E-state index in [4.69, 9.17) is 0 Å². The van der Waals surface area contributed by atoms with Gasteiger partial charge >= 0.3 is 6.03 Å². The maximum Gasteiger partial charge on any atom is 0.335 e. The standard InChI is InChI=1S/C20H28N4O3/c1-5-23(6-2)11-7-10-21-13-16-18(25)22-20(27)24(19(16)26)17-9-8-14(3)12-15(17)4/h8-9,12-13,16H,5-7,10-11H2,1-4H3,(H,22,25,27)/p+1. The molecule has 4 amide bonds. The second-order valence-electron chi connectivity index (χ2n) is 6.85. The fraction of sp³-hybridized carbons (Fsp3) is 0.500. The quantitative estimate of drug-likeness (QED) is 0.403. The molecule has 1 aromatic rings. The Morgan fingerprint density at radius 3 is 2.52 bits per heavy atom. The lowest BCUT2D eigenvalue weighted by molar-refractivity contribution is -0.896. The van der Waals surface area contributed by atoms with E-state index in [0.717, 1.165) is 42.1 Å². The molecule has 0 aromatic heterocycles. The number of rotatable bonds is 8. The molecular formula is C20H29N4O3+. The number of quaternary nitrogens is 1. The van der Waals surface area contributed by atoms with Gasteiger partial charge in [0.25, 0.3) is 5.91 Å². The molecule has 1 aliphatic heterocycles. The Labute approximate surface area is 160 Å². The Balaban J connectivity index is 2.08. The van der Waals surface area contributed by atoms with Crippen LogP contribution in [0, 0.1) is 19.8 Å². The number of anilines is 1. The van der Waals surface area contributed by atoms with Gasteiger partial charge in [0.05, 0.1) is 25.3 Å². The lowest BCUT2D eigenvalue weighted by Gasteiger charge is -2.29. The minimum absolute atomic E-state index is 0.485. The van der Waals surface area contributed by atoms with Crippen molar-refractivity contribution in [2.45, 2.75) is 34.1 Å². The van der Waals surface area contributed by atoms with Crippen LogP contribution in [-0.2, 0) is 9.59 Å². The molecular weight excluding hydrogens is 344 g/mol. The van der Waals surface area contributed by atoms with Gasteiger partial charge in [-0.25, -0.2) is 9.69 Å². The highest BCUT2D eigenvalue weighted by Gasteiger charge is 2.40. The smallest absolute Gasteiger partial charge is 0.335 e. The molecule has 0 aliphatic carbocycles. The average Bonchev–Trinajstić information content (AvgIpc) is 2.62. The number of benzene rings is 1. The normalized spacial score (nSPS) is 17.9. The molecule has 0 bridgehead atoms. The van der Waals surface area contributed by atoms with Gasteiger partial charge in [-0.05, 0) is 39.3 Å². The number of barbiturate groups is 1. The number of carbonyl (C=O) groups is 3. The monoisotopic (exact) mass is 373 g/mol. The van der Waals surface area contributed by atoms with Crippen molar-refractivity contribution in [3.63, 3.8) is 0 Å². The Morgan fingerprint density at radius 1 is 1.19 bits per heavy atom. The number of aryl methyl sites for hydroxylation is 2. The molecule has 27 heavy (non-hydrogen) atoms. The molecule has 7 heteroatoms. The number of carbonyl (C=O) groups excluding carboxylic acids is 3. The van der Waals surface area contributed by atoms with Crippen LogP contribution in [0.25, 0.3) is 0 Å². The predicted molar refractivity (Wildman–Crippen MR) is 105 cm³/mol. The third kappa shape index (κ3) is 5.01. The molecule has 1 heterocycles. The molecule has 1 saturated heterocycles. The van der Waals surface area contributed by atoms with Gasteiger partial charge in [-0.1, -0.05) is 17.7 Å². The van der Waals surface area contributed by atoms with Crippen LogP contribution in [0.1, 0.15) is 31.4 Å². The molecule has 2 rings (SSSR count). The van der Waals surface area contributed by atoms with E-state index in [1.165, 1.54) is 11.1 Å². The Bertz CT molecular complexity index is 741. The summed E-state index contributed by atoms with van der Waals surface area (Å²) in [6.45, 7) is 11.7. The highest BCUT2D eigenvalue weighted by atomic mass is 16.2. The Hall–Kier alpha value is -2.54. The van der Waals surface area contributed by atoms with Gasteiger partial charge in [0.1, 0.15) is 0 Å². The first-order chi connectivity index (χ1) is 12.9. The zero-order chi connectivity index (χ0) is 20.0. The molecule has 0 saturated carbocycles. The van der Waals surface area contributed by atoms with Crippen LogP contribution < -0.4 is 15.1 Å². The zero-order valence-electron chi connectivity index (χ0n) is 16.5. The van der Waals surface area contributed by atoms with Gasteiger partial charge in [0.15, 0.2) is 5.92 Å². The van der Waals surface area contributed by atoms with Gasteiger partial charge in [0, 0.05) is 19.2 Å². The SMILES string of the molecule is CC[NH+](CC)CCCN=CC1C(=O)NC(=O)N(c2ccc(C)cc2C)C1=O. The number of aliphatic imine (C=N–C) groups is 1. The number of hydrogen-bond donors (Lipinski definition) is 2. The molecule has 146 valence electrons. The molecule has 0 radical (unpaired) electrons. The van der Waals surface area contributed by atoms with Crippen molar-refractivity contribution in [3.8, 4) is 0 Å². The van der Waals surface area contributed by atoms with Crippen LogP contribution in [0.15, 0.2) is 23.2 Å². The molecule has 1 atom stereocenters. The Kier molecular flexibility index (Phi) is 7.24. The largest absolute Gasteiger partial charge is 0.335 e. The van der Waals surface area contributed by atoms with E-state index in [0.29, 0.717) is 12.2 Å². The maximum absolute atomic E-state index is 12.8. The summed E-state index contributed by atoms with van der Waals surface area (Å²) in [6, 6.07) is 4.73. The van der Waals surface area contributed by atoms with Crippen LogP contribution >= 0.6 is 0 Å². The Morgan fingerprint density at radius 2 is 1.89 bits per heavy atom. The first-order valence-electron chi connectivity index (χ1n) is 9.48. The molecule has 1 aromatic carbocycles. The van der Waals surface area contributed by atoms with Gasteiger partial charge in [0.2, 0.25) is 5.91 Å². The van der Waals surface area contributed by atoms with Gasteiger partial charge in [-0.3, -0.25) is 19.9 Å². The van der Waals surface area contributed by atoms with Crippen molar-refractivity contribution in [2.75, 3.05) is 31.1 Å². The van der Waals surface area contributed by atoms with Crippen LogP contribution in [0.2, 0.25) is 0 Å². The third-order valence-electron chi connectivity index (χ3n) is 4.87. The molecule has 2 N–H and O–H groups in total. The van der Waals surface area contributed by atoms with Gasteiger partial charge < -0.3 is 4.90 Å².